The lowest BCUT2D eigenvalue weighted by atomic mass is 10.2. The van der Waals surface area contributed by atoms with Crippen LogP contribution in [0.15, 0.2) is 34.7 Å². The van der Waals surface area contributed by atoms with Crippen molar-refractivity contribution in [3.63, 3.8) is 0 Å². The first-order chi connectivity index (χ1) is 9.02. The topological polar surface area (TPSA) is 43.6 Å². The van der Waals surface area contributed by atoms with Gasteiger partial charge in [0, 0.05) is 25.6 Å². The Morgan fingerprint density at radius 1 is 1.05 bits per heavy atom. The number of furan rings is 1. The van der Waals surface area contributed by atoms with Crippen LogP contribution >= 0.6 is 0 Å². The zero-order valence-electron chi connectivity index (χ0n) is 11.3. The summed E-state index contributed by atoms with van der Waals surface area (Å²) < 4.78 is 16.9. The monoisotopic (exact) mass is 259 g/mol. The van der Waals surface area contributed by atoms with Gasteiger partial charge in [-0.1, -0.05) is 0 Å². The van der Waals surface area contributed by atoms with Crippen molar-refractivity contribution in [2.75, 3.05) is 5.32 Å². The van der Waals surface area contributed by atoms with Gasteiger partial charge >= 0.3 is 0 Å². The third kappa shape index (κ3) is 2.52. The Labute approximate surface area is 112 Å². The van der Waals surface area contributed by atoms with Crippen LogP contribution in [0.4, 0.5) is 5.69 Å². The number of nitrogens with one attached hydrogen (secondary N) is 1. The predicted octanol–water partition coefficient (Wildman–Crippen LogP) is 3.71. The number of hydrogen-bond acceptors (Lipinski definition) is 4. The van der Waals surface area contributed by atoms with E-state index in [2.05, 4.69) is 5.32 Å². The summed E-state index contributed by atoms with van der Waals surface area (Å²) in [7, 11) is 0. The second kappa shape index (κ2) is 4.23. The van der Waals surface area contributed by atoms with Gasteiger partial charge in [-0.25, -0.2) is 0 Å². The van der Waals surface area contributed by atoms with Crippen molar-refractivity contribution in [3.8, 4) is 11.5 Å². The summed E-state index contributed by atoms with van der Waals surface area (Å²) in [6.45, 7) is 6.38. The van der Waals surface area contributed by atoms with Crippen LogP contribution in [0.2, 0.25) is 0 Å². The van der Waals surface area contributed by atoms with Crippen molar-refractivity contribution in [2.45, 2.75) is 33.1 Å². The van der Waals surface area contributed by atoms with Crippen LogP contribution in [0.5, 0.6) is 11.5 Å². The lowest BCUT2D eigenvalue weighted by molar-refractivity contribution is -0.0431. The second-order valence-corrected chi connectivity index (χ2v) is 5.13. The third-order valence-electron chi connectivity index (χ3n) is 2.92. The molecule has 0 radical (unpaired) electrons. The van der Waals surface area contributed by atoms with Gasteiger partial charge in [-0.05, 0) is 31.2 Å². The summed E-state index contributed by atoms with van der Waals surface area (Å²) in [6, 6.07) is 9.76. The van der Waals surface area contributed by atoms with Gasteiger partial charge in [0.25, 0.3) is 0 Å². The third-order valence-corrected chi connectivity index (χ3v) is 2.92. The van der Waals surface area contributed by atoms with Crippen molar-refractivity contribution in [3.05, 3.63) is 41.9 Å². The highest BCUT2D eigenvalue weighted by atomic mass is 16.7. The highest BCUT2D eigenvalue weighted by Crippen LogP contribution is 2.40. The number of hydrogen-bond donors (Lipinski definition) is 1. The van der Waals surface area contributed by atoms with E-state index in [-0.39, 0.29) is 0 Å². The molecule has 0 unspecified atom stereocenters. The minimum atomic E-state index is -0.584. The highest BCUT2D eigenvalue weighted by molar-refractivity contribution is 5.56. The molecule has 4 nitrogen and oxygen atoms in total. The second-order valence-electron chi connectivity index (χ2n) is 5.13. The molecule has 0 atom stereocenters. The normalized spacial score (nSPS) is 15.5. The maximum absolute atomic E-state index is 5.71. The lowest BCUT2D eigenvalue weighted by Gasteiger charge is -2.16. The molecule has 4 heteroatoms. The van der Waals surface area contributed by atoms with Crippen LogP contribution in [-0.2, 0) is 6.54 Å². The molecule has 19 heavy (non-hydrogen) atoms. The molecule has 0 bridgehead atoms. The van der Waals surface area contributed by atoms with Crippen molar-refractivity contribution >= 4 is 5.69 Å². The van der Waals surface area contributed by atoms with E-state index in [1.165, 1.54) is 0 Å². The molecule has 0 saturated carbocycles. The van der Waals surface area contributed by atoms with Crippen molar-refractivity contribution in [1.29, 1.82) is 0 Å². The summed E-state index contributed by atoms with van der Waals surface area (Å²) >= 11 is 0. The molecule has 1 N–H and O–H groups in total. The maximum Gasteiger partial charge on any atom is 0.246 e. The lowest BCUT2D eigenvalue weighted by Crippen LogP contribution is -2.29. The Hall–Kier alpha value is -2.10. The van der Waals surface area contributed by atoms with Crippen LogP contribution in [0.3, 0.4) is 0 Å². The van der Waals surface area contributed by atoms with Crippen LogP contribution in [-0.4, -0.2) is 5.79 Å². The van der Waals surface area contributed by atoms with Crippen LogP contribution in [0.1, 0.15) is 25.4 Å². The molecular weight excluding hydrogens is 242 g/mol. The van der Waals surface area contributed by atoms with E-state index in [1.807, 2.05) is 51.1 Å². The fourth-order valence-corrected chi connectivity index (χ4v) is 2.10. The van der Waals surface area contributed by atoms with Crippen LogP contribution in [0.25, 0.3) is 0 Å². The molecule has 100 valence electrons. The van der Waals surface area contributed by atoms with Crippen LogP contribution < -0.4 is 14.8 Å². The molecule has 1 aliphatic heterocycles. The van der Waals surface area contributed by atoms with E-state index < -0.39 is 5.79 Å². The molecular formula is C15H17NO3. The summed E-state index contributed by atoms with van der Waals surface area (Å²) in [6.07, 6.45) is 0. The van der Waals surface area contributed by atoms with E-state index in [4.69, 9.17) is 13.9 Å². The molecule has 1 aliphatic rings. The number of aryl methyl sites for hydroxylation is 1. The summed E-state index contributed by atoms with van der Waals surface area (Å²) in [5.74, 6) is 2.80. The number of benzene rings is 1. The van der Waals surface area contributed by atoms with Crippen molar-refractivity contribution in [1.82, 2.24) is 0 Å². The molecule has 2 aromatic rings. The molecule has 1 aromatic carbocycles. The van der Waals surface area contributed by atoms with E-state index in [0.717, 1.165) is 28.7 Å². The zero-order chi connectivity index (χ0) is 13.5. The minimum absolute atomic E-state index is 0.584. The van der Waals surface area contributed by atoms with Gasteiger partial charge in [0.15, 0.2) is 11.5 Å². The average molecular weight is 259 g/mol. The van der Waals surface area contributed by atoms with Gasteiger partial charge in [-0.2, -0.15) is 0 Å². The first kappa shape index (κ1) is 12.0. The maximum atomic E-state index is 5.71. The first-order valence-electron chi connectivity index (χ1n) is 6.33. The van der Waals surface area contributed by atoms with E-state index in [0.29, 0.717) is 6.54 Å². The zero-order valence-corrected chi connectivity index (χ0v) is 11.3. The van der Waals surface area contributed by atoms with Gasteiger partial charge in [0.05, 0.1) is 6.54 Å². The number of ether oxygens (including phenoxy) is 2. The molecule has 0 spiro atoms. The largest absolute Gasteiger partial charge is 0.465 e. The fourth-order valence-electron chi connectivity index (χ4n) is 2.10. The Kier molecular flexibility index (Phi) is 2.66. The van der Waals surface area contributed by atoms with Gasteiger partial charge in [0.2, 0.25) is 5.79 Å². The number of rotatable bonds is 3. The van der Waals surface area contributed by atoms with E-state index in [9.17, 15) is 0 Å². The number of fused-ring (bicyclic) bond motifs is 1. The first-order valence-corrected chi connectivity index (χ1v) is 6.33. The van der Waals surface area contributed by atoms with Gasteiger partial charge in [0.1, 0.15) is 11.5 Å². The summed E-state index contributed by atoms with van der Waals surface area (Å²) in [5.41, 5.74) is 0.981. The number of anilines is 1. The van der Waals surface area contributed by atoms with Gasteiger partial charge in [-0.15, -0.1) is 0 Å². The molecule has 0 fully saturated rings. The Morgan fingerprint density at radius 2 is 1.84 bits per heavy atom. The summed E-state index contributed by atoms with van der Waals surface area (Å²) in [5, 5.41) is 3.30. The quantitative estimate of drug-likeness (QED) is 0.912. The van der Waals surface area contributed by atoms with E-state index >= 15 is 0 Å². The molecule has 2 heterocycles. The molecule has 0 amide bonds. The Morgan fingerprint density at radius 3 is 2.58 bits per heavy atom. The van der Waals surface area contributed by atoms with Crippen LogP contribution in [0, 0.1) is 6.92 Å². The molecule has 3 rings (SSSR count). The minimum Gasteiger partial charge on any atom is -0.465 e. The SMILES string of the molecule is Cc1ccc(CNc2ccc3c(c2)OC(C)(C)O3)o1. The molecule has 1 aromatic heterocycles. The fraction of sp³-hybridized carbons (Fsp3) is 0.333. The predicted molar refractivity (Wildman–Crippen MR) is 72.5 cm³/mol. The Balaban J connectivity index is 1.70. The van der Waals surface area contributed by atoms with Gasteiger partial charge in [-0.3, -0.25) is 0 Å². The highest BCUT2D eigenvalue weighted by Gasteiger charge is 2.31. The molecule has 0 saturated heterocycles. The average Bonchev–Trinajstić information content (AvgIpc) is 2.87. The smallest absolute Gasteiger partial charge is 0.246 e. The van der Waals surface area contributed by atoms with Crippen molar-refractivity contribution in [2.24, 2.45) is 0 Å². The van der Waals surface area contributed by atoms with E-state index in [1.54, 1.807) is 0 Å². The molecule has 0 aliphatic carbocycles. The standard InChI is InChI=1S/C15H17NO3/c1-10-4-6-12(17-10)9-16-11-5-7-13-14(8-11)19-15(2,3)18-13/h4-8,16H,9H2,1-3H3. The van der Waals surface area contributed by atoms with Crippen molar-refractivity contribution < 1.29 is 13.9 Å². The Bertz CT molecular complexity index is 601. The van der Waals surface area contributed by atoms with Gasteiger partial charge < -0.3 is 19.2 Å². The summed E-state index contributed by atoms with van der Waals surface area (Å²) in [4.78, 5) is 0.